The summed E-state index contributed by atoms with van der Waals surface area (Å²) in [4.78, 5) is 0. The minimum atomic E-state index is 0.431. The van der Waals surface area contributed by atoms with Gasteiger partial charge in [0.15, 0.2) is 0 Å². The summed E-state index contributed by atoms with van der Waals surface area (Å²) in [6.45, 7) is 0.928. The van der Waals surface area contributed by atoms with Crippen molar-refractivity contribution in [1.29, 1.82) is 0 Å². The highest BCUT2D eigenvalue weighted by atomic mass is 79.9. The van der Waals surface area contributed by atoms with Crippen molar-refractivity contribution < 1.29 is 4.74 Å². The molecule has 0 aliphatic rings. The number of ether oxygens (including phenoxy) is 1. The van der Waals surface area contributed by atoms with Crippen molar-refractivity contribution >= 4 is 31.9 Å². The summed E-state index contributed by atoms with van der Waals surface area (Å²) in [5, 5.41) is 4.26. The summed E-state index contributed by atoms with van der Waals surface area (Å²) in [7, 11) is 1.88. The normalized spacial score (nSPS) is 10.7. The van der Waals surface area contributed by atoms with Crippen molar-refractivity contribution in [2.24, 2.45) is 12.8 Å². The van der Waals surface area contributed by atoms with Crippen LogP contribution in [-0.4, -0.2) is 9.78 Å². The van der Waals surface area contributed by atoms with Crippen LogP contribution in [-0.2, 0) is 20.2 Å². The maximum Gasteiger partial charge on any atom is 0.148 e. The van der Waals surface area contributed by atoms with Gasteiger partial charge in [-0.15, -0.1) is 0 Å². The number of rotatable bonds is 4. The largest absolute Gasteiger partial charge is 0.485 e. The number of hydrogen-bond donors (Lipinski definition) is 1. The van der Waals surface area contributed by atoms with Crippen molar-refractivity contribution in [3.05, 3.63) is 44.6 Å². The highest BCUT2D eigenvalue weighted by Crippen LogP contribution is 2.35. The first-order chi connectivity index (χ1) is 8.60. The van der Waals surface area contributed by atoms with E-state index >= 15 is 0 Å². The highest BCUT2D eigenvalue weighted by molar-refractivity contribution is 9.11. The monoisotopic (exact) mass is 373 g/mol. The Balaban J connectivity index is 2.14. The molecule has 0 aliphatic heterocycles. The minimum absolute atomic E-state index is 0.431. The third kappa shape index (κ3) is 3.13. The van der Waals surface area contributed by atoms with Gasteiger partial charge in [-0.3, -0.25) is 4.68 Å². The van der Waals surface area contributed by atoms with Crippen molar-refractivity contribution in [1.82, 2.24) is 9.78 Å². The average Bonchev–Trinajstić information content (AvgIpc) is 2.73. The maximum atomic E-state index is 5.76. The Labute approximate surface area is 122 Å². The predicted molar refractivity (Wildman–Crippen MR) is 77.3 cm³/mol. The van der Waals surface area contributed by atoms with E-state index in [-0.39, 0.29) is 0 Å². The SMILES string of the molecule is Cn1ccc(COc2c(Br)cc(CN)cc2Br)n1. The number of aryl methyl sites for hydroxylation is 1. The van der Waals surface area contributed by atoms with Crippen LogP contribution >= 0.6 is 31.9 Å². The van der Waals surface area contributed by atoms with Crippen LogP contribution in [0.25, 0.3) is 0 Å². The van der Waals surface area contributed by atoms with Crippen LogP contribution in [0.1, 0.15) is 11.3 Å². The molecule has 0 amide bonds. The van der Waals surface area contributed by atoms with Gasteiger partial charge in [-0.1, -0.05) is 0 Å². The lowest BCUT2D eigenvalue weighted by Gasteiger charge is -2.10. The van der Waals surface area contributed by atoms with Crippen LogP contribution in [0, 0.1) is 0 Å². The Kier molecular flexibility index (Phi) is 4.42. The molecule has 2 rings (SSSR count). The molecule has 0 saturated heterocycles. The quantitative estimate of drug-likeness (QED) is 0.894. The first-order valence-corrected chi connectivity index (χ1v) is 6.98. The van der Waals surface area contributed by atoms with E-state index in [0.717, 1.165) is 26.0 Å². The molecule has 18 heavy (non-hydrogen) atoms. The Morgan fingerprint density at radius 2 is 2.00 bits per heavy atom. The fourth-order valence-corrected chi connectivity index (χ4v) is 3.06. The lowest BCUT2D eigenvalue weighted by Crippen LogP contribution is -2.01. The van der Waals surface area contributed by atoms with Crippen LogP contribution in [0.5, 0.6) is 5.75 Å². The number of nitrogens with zero attached hydrogens (tertiary/aromatic N) is 2. The van der Waals surface area contributed by atoms with Crippen LogP contribution < -0.4 is 10.5 Å². The standard InChI is InChI=1S/C12H13Br2N3O/c1-17-3-2-9(16-17)7-18-12-10(13)4-8(6-15)5-11(12)14/h2-5H,6-7,15H2,1H3. The number of benzene rings is 1. The van der Waals surface area contributed by atoms with Crippen LogP contribution in [0.4, 0.5) is 0 Å². The van der Waals surface area contributed by atoms with E-state index in [4.69, 9.17) is 10.5 Å². The Morgan fingerprint density at radius 1 is 1.33 bits per heavy atom. The van der Waals surface area contributed by atoms with E-state index in [0.29, 0.717) is 13.2 Å². The fourth-order valence-electron chi connectivity index (χ4n) is 1.55. The van der Waals surface area contributed by atoms with Crippen molar-refractivity contribution in [2.45, 2.75) is 13.2 Å². The van der Waals surface area contributed by atoms with Crippen LogP contribution in [0.3, 0.4) is 0 Å². The second-order valence-corrected chi connectivity index (χ2v) is 5.57. The molecule has 0 aliphatic carbocycles. The zero-order valence-corrected chi connectivity index (χ0v) is 13.0. The number of hydrogen-bond acceptors (Lipinski definition) is 3. The maximum absolute atomic E-state index is 5.76. The van der Waals surface area contributed by atoms with Gasteiger partial charge in [0.05, 0.1) is 14.6 Å². The van der Waals surface area contributed by atoms with Crippen molar-refractivity contribution in [2.75, 3.05) is 0 Å². The molecule has 4 nitrogen and oxygen atoms in total. The summed E-state index contributed by atoms with van der Waals surface area (Å²) in [6.07, 6.45) is 1.89. The van der Waals surface area contributed by atoms with E-state index in [1.807, 2.05) is 31.4 Å². The molecule has 1 aromatic carbocycles. The second-order valence-electron chi connectivity index (χ2n) is 3.86. The fraction of sp³-hybridized carbons (Fsp3) is 0.250. The lowest BCUT2D eigenvalue weighted by atomic mass is 10.2. The summed E-state index contributed by atoms with van der Waals surface area (Å²) < 4.78 is 9.27. The third-order valence-electron chi connectivity index (χ3n) is 2.43. The number of aromatic nitrogens is 2. The number of halogens is 2. The molecule has 0 unspecified atom stereocenters. The van der Waals surface area contributed by atoms with Gasteiger partial charge in [0, 0.05) is 19.8 Å². The summed E-state index contributed by atoms with van der Waals surface area (Å²) >= 11 is 6.96. The van der Waals surface area contributed by atoms with E-state index in [1.165, 1.54) is 0 Å². The molecule has 1 heterocycles. The van der Waals surface area contributed by atoms with E-state index < -0.39 is 0 Å². The zero-order valence-electron chi connectivity index (χ0n) is 9.86. The van der Waals surface area contributed by atoms with Gasteiger partial charge >= 0.3 is 0 Å². The highest BCUT2D eigenvalue weighted by Gasteiger charge is 2.09. The van der Waals surface area contributed by atoms with Crippen LogP contribution in [0.2, 0.25) is 0 Å². The zero-order chi connectivity index (χ0) is 13.1. The molecular weight excluding hydrogens is 362 g/mol. The Morgan fingerprint density at radius 3 is 2.50 bits per heavy atom. The van der Waals surface area contributed by atoms with Gasteiger partial charge in [0.2, 0.25) is 0 Å². The third-order valence-corrected chi connectivity index (χ3v) is 3.61. The van der Waals surface area contributed by atoms with Crippen LogP contribution in [0.15, 0.2) is 33.3 Å². The van der Waals surface area contributed by atoms with Crippen molar-refractivity contribution in [3.63, 3.8) is 0 Å². The summed E-state index contributed by atoms with van der Waals surface area (Å²) in [5.74, 6) is 0.762. The Hall–Kier alpha value is -0.850. The lowest BCUT2D eigenvalue weighted by molar-refractivity contribution is 0.296. The van der Waals surface area contributed by atoms with Gasteiger partial charge in [-0.25, -0.2) is 0 Å². The van der Waals surface area contributed by atoms with Gasteiger partial charge in [-0.2, -0.15) is 5.10 Å². The molecule has 96 valence electrons. The first kappa shape index (κ1) is 13.6. The van der Waals surface area contributed by atoms with E-state index in [9.17, 15) is 0 Å². The first-order valence-electron chi connectivity index (χ1n) is 5.39. The molecule has 2 aromatic rings. The molecule has 1 aromatic heterocycles. The molecule has 0 bridgehead atoms. The average molecular weight is 375 g/mol. The molecule has 6 heteroatoms. The molecular formula is C12H13Br2N3O. The molecule has 0 fully saturated rings. The summed E-state index contributed by atoms with van der Waals surface area (Å²) in [5.41, 5.74) is 7.54. The topological polar surface area (TPSA) is 53.1 Å². The minimum Gasteiger partial charge on any atom is -0.485 e. The predicted octanol–water partition coefficient (Wildman–Crippen LogP) is 2.98. The molecule has 2 N–H and O–H groups in total. The molecule has 0 spiro atoms. The van der Waals surface area contributed by atoms with Gasteiger partial charge in [0.1, 0.15) is 12.4 Å². The van der Waals surface area contributed by atoms with Crippen molar-refractivity contribution in [3.8, 4) is 5.75 Å². The number of nitrogens with two attached hydrogens (primary N) is 1. The van der Waals surface area contributed by atoms with E-state index in [2.05, 4.69) is 37.0 Å². The van der Waals surface area contributed by atoms with Gasteiger partial charge in [0.25, 0.3) is 0 Å². The molecule has 0 atom stereocenters. The Bertz CT molecular complexity index is 531. The molecule has 0 saturated carbocycles. The van der Waals surface area contributed by atoms with Gasteiger partial charge < -0.3 is 10.5 Å². The van der Waals surface area contributed by atoms with E-state index in [1.54, 1.807) is 4.68 Å². The second kappa shape index (κ2) is 5.86. The molecule has 0 radical (unpaired) electrons. The summed E-state index contributed by atoms with van der Waals surface area (Å²) in [6, 6.07) is 5.84. The van der Waals surface area contributed by atoms with Gasteiger partial charge in [-0.05, 0) is 55.6 Å². The smallest absolute Gasteiger partial charge is 0.148 e.